The molecule has 27 heavy (non-hydrogen) atoms. The number of anilines is 1. The Hall–Kier alpha value is -2.95. The Morgan fingerprint density at radius 3 is 2.85 bits per heavy atom. The molecule has 8 nitrogen and oxygen atoms in total. The Bertz CT molecular complexity index is 1000. The number of aryl methyl sites for hydroxylation is 1. The van der Waals surface area contributed by atoms with Crippen molar-refractivity contribution < 1.29 is 23.1 Å². The van der Waals surface area contributed by atoms with Crippen LogP contribution in [0.3, 0.4) is 0 Å². The zero-order valence-corrected chi connectivity index (χ0v) is 15.2. The summed E-state index contributed by atoms with van der Waals surface area (Å²) in [5, 5.41) is 8.30. The largest absolute Gasteiger partial charge is 0.466 e. The number of nitrogens with zero attached hydrogens (tertiary/aromatic N) is 4. The van der Waals surface area contributed by atoms with E-state index in [0.29, 0.717) is 11.4 Å². The first-order valence-electron chi connectivity index (χ1n) is 7.93. The number of ether oxygens (including phenoxy) is 1. The zero-order chi connectivity index (χ0) is 19.6. The van der Waals surface area contributed by atoms with E-state index in [-0.39, 0.29) is 35.1 Å². The Balaban J connectivity index is 1.81. The van der Waals surface area contributed by atoms with Crippen molar-refractivity contribution in [1.29, 1.82) is 0 Å². The van der Waals surface area contributed by atoms with E-state index >= 15 is 0 Å². The molecule has 0 aliphatic heterocycles. The summed E-state index contributed by atoms with van der Waals surface area (Å²) in [7, 11) is 0. The molecule has 0 radical (unpaired) electrons. The monoisotopic (exact) mass is 395 g/mol. The van der Waals surface area contributed by atoms with Gasteiger partial charge in [0.15, 0.2) is 10.8 Å². The molecule has 11 heteroatoms. The molecular weight excluding hydrogens is 380 g/mol. The SMILES string of the molecule is CCOC(=O)Cc1csc(NC(=O)c2cnn3c(C(F)F)cc(C)nc23)n1. The molecule has 3 rings (SSSR count). The number of esters is 1. The normalized spacial score (nSPS) is 11.1. The second kappa shape index (κ2) is 7.74. The number of nitrogens with one attached hydrogen (secondary N) is 1. The van der Waals surface area contributed by atoms with Crippen molar-refractivity contribution in [3.05, 3.63) is 40.3 Å². The van der Waals surface area contributed by atoms with E-state index in [1.165, 1.54) is 12.3 Å². The molecule has 0 aromatic carbocycles. The van der Waals surface area contributed by atoms with Crippen molar-refractivity contribution in [3.8, 4) is 0 Å². The van der Waals surface area contributed by atoms with Crippen LogP contribution in [0, 0.1) is 6.92 Å². The number of fused-ring (bicyclic) bond motifs is 1. The highest BCUT2D eigenvalue weighted by Gasteiger charge is 2.21. The minimum atomic E-state index is -2.76. The lowest BCUT2D eigenvalue weighted by Crippen LogP contribution is -2.13. The average Bonchev–Trinajstić information content (AvgIpc) is 3.20. The summed E-state index contributed by atoms with van der Waals surface area (Å²) < 4.78 is 32.1. The summed E-state index contributed by atoms with van der Waals surface area (Å²) in [6.07, 6.45) is -1.58. The first kappa shape index (κ1) is 18.8. The minimum Gasteiger partial charge on any atom is -0.466 e. The van der Waals surface area contributed by atoms with Gasteiger partial charge in [0, 0.05) is 11.1 Å². The van der Waals surface area contributed by atoms with E-state index < -0.39 is 18.3 Å². The zero-order valence-electron chi connectivity index (χ0n) is 14.4. The van der Waals surface area contributed by atoms with Gasteiger partial charge in [-0.3, -0.25) is 14.9 Å². The first-order chi connectivity index (χ1) is 12.9. The summed E-state index contributed by atoms with van der Waals surface area (Å²) in [5.41, 5.74) is 0.539. The molecular formula is C16H15F2N5O3S. The summed E-state index contributed by atoms with van der Waals surface area (Å²) in [6.45, 7) is 3.54. The quantitative estimate of drug-likeness (QED) is 0.645. The van der Waals surface area contributed by atoms with Crippen LogP contribution in [-0.4, -0.2) is 38.1 Å². The van der Waals surface area contributed by atoms with Gasteiger partial charge in [-0.1, -0.05) is 0 Å². The van der Waals surface area contributed by atoms with Gasteiger partial charge in [-0.05, 0) is 19.9 Å². The first-order valence-corrected chi connectivity index (χ1v) is 8.81. The number of aromatic nitrogens is 4. The van der Waals surface area contributed by atoms with E-state index in [2.05, 4.69) is 20.4 Å². The maximum absolute atomic E-state index is 13.2. The maximum Gasteiger partial charge on any atom is 0.311 e. The molecule has 0 aliphatic rings. The molecule has 0 unspecified atom stereocenters. The average molecular weight is 395 g/mol. The lowest BCUT2D eigenvalue weighted by molar-refractivity contribution is -0.142. The molecule has 0 fully saturated rings. The van der Waals surface area contributed by atoms with Crippen molar-refractivity contribution in [2.24, 2.45) is 0 Å². The number of hydrogen-bond acceptors (Lipinski definition) is 7. The van der Waals surface area contributed by atoms with E-state index in [1.54, 1.807) is 19.2 Å². The Kier molecular flexibility index (Phi) is 5.40. The number of hydrogen-bond donors (Lipinski definition) is 1. The van der Waals surface area contributed by atoms with Gasteiger partial charge in [0.25, 0.3) is 12.3 Å². The van der Waals surface area contributed by atoms with Crippen molar-refractivity contribution in [1.82, 2.24) is 19.6 Å². The van der Waals surface area contributed by atoms with E-state index in [0.717, 1.165) is 15.9 Å². The van der Waals surface area contributed by atoms with E-state index in [9.17, 15) is 18.4 Å². The van der Waals surface area contributed by atoms with Gasteiger partial charge >= 0.3 is 5.97 Å². The van der Waals surface area contributed by atoms with Gasteiger partial charge < -0.3 is 4.74 Å². The minimum absolute atomic E-state index is 0.00454. The molecule has 0 bridgehead atoms. The van der Waals surface area contributed by atoms with Gasteiger partial charge in [-0.2, -0.15) is 5.10 Å². The van der Waals surface area contributed by atoms with Crippen LogP contribution in [0.25, 0.3) is 5.65 Å². The molecule has 1 N–H and O–H groups in total. The van der Waals surface area contributed by atoms with Crippen molar-refractivity contribution >= 4 is 34.0 Å². The maximum atomic E-state index is 13.2. The summed E-state index contributed by atoms with van der Waals surface area (Å²) in [4.78, 5) is 32.2. The third kappa shape index (κ3) is 4.08. The number of carbonyl (C=O) groups excluding carboxylic acids is 2. The second-order valence-corrected chi connectivity index (χ2v) is 6.35. The van der Waals surface area contributed by atoms with Gasteiger partial charge in [-0.25, -0.2) is 23.3 Å². The fourth-order valence-electron chi connectivity index (χ4n) is 2.40. The molecule has 1 amide bonds. The van der Waals surface area contributed by atoms with E-state index in [1.807, 2.05) is 0 Å². The van der Waals surface area contributed by atoms with Crippen LogP contribution in [0.15, 0.2) is 17.6 Å². The van der Waals surface area contributed by atoms with Gasteiger partial charge in [-0.15, -0.1) is 11.3 Å². The Morgan fingerprint density at radius 1 is 1.37 bits per heavy atom. The molecule has 0 spiro atoms. The van der Waals surface area contributed by atoms with Gasteiger partial charge in [0.1, 0.15) is 11.3 Å². The lowest BCUT2D eigenvalue weighted by Gasteiger charge is -2.05. The summed E-state index contributed by atoms with van der Waals surface area (Å²) >= 11 is 1.13. The highest BCUT2D eigenvalue weighted by Crippen LogP contribution is 2.23. The lowest BCUT2D eigenvalue weighted by atomic mass is 10.3. The molecule has 0 atom stereocenters. The van der Waals surface area contributed by atoms with Crippen LogP contribution >= 0.6 is 11.3 Å². The van der Waals surface area contributed by atoms with Crippen molar-refractivity contribution in [2.75, 3.05) is 11.9 Å². The smallest absolute Gasteiger partial charge is 0.311 e. The van der Waals surface area contributed by atoms with Crippen LogP contribution in [0.1, 0.15) is 40.8 Å². The molecule has 3 aromatic heterocycles. The second-order valence-electron chi connectivity index (χ2n) is 5.50. The molecule has 142 valence electrons. The highest BCUT2D eigenvalue weighted by molar-refractivity contribution is 7.14. The highest BCUT2D eigenvalue weighted by atomic mass is 32.1. The van der Waals surface area contributed by atoms with Crippen molar-refractivity contribution in [3.63, 3.8) is 0 Å². The van der Waals surface area contributed by atoms with E-state index in [4.69, 9.17) is 4.74 Å². The fourth-order valence-corrected chi connectivity index (χ4v) is 3.10. The van der Waals surface area contributed by atoms with Crippen LogP contribution in [0.2, 0.25) is 0 Å². The molecule has 0 saturated heterocycles. The predicted octanol–water partition coefficient (Wildman–Crippen LogP) is 2.79. The summed E-state index contributed by atoms with van der Waals surface area (Å²) in [5.74, 6) is -0.997. The third-order valence-electron chi connectivity index (χ3n) is 3.50. The van der Waals surface area contributed by atoms with Crippen molar-refractivity contribution in [2.45, 2.75) is 26.7 Å². The van der Waals surface area contributed by atoms with Crippen LogP contribution in [-0.2, 0) is 16.0 Å². The molecule has 3 heterocycles. The standard InChI is InChI=1S/C16H15F2N5O3S/c1-3-26-12(24)5-9-7-27-16(21-9)22-15(25)10-6-19-23-11(13(17)18)4-8(2)20-14(10)23/h4,6-7,13H,3,5H2,1-2H3,(H,21,22,25). The predicted molar refractivity (Wildman–Crippen MR) is 93.1 cm³/mol. The number of amides is 1. The van der Waals surface area contributed by atoms with Crippen LogP contribution in [0.5, 0.6) is 0 Å². The van der Waals surface area contributed by atoms with Gasteiger partial charge in [0.05, 0.1) is 24.9 Å². The van der Waals surface area contributed by atoms with Gasteiger partial charge in [0.2, 0.25) is 0 Å². The number of carbonyl (C=O) groups is 2. The number of thiazole rings is 1. The molecule has 0 aliphatic carbocycles. The number of alkyl halides is 2. The topological polar surface area (TPSA) is 98.5 Å². The number of rotatable bonds is 6. The van der Waals surface area contributed by atoms with Crippen LogP contribution < -0.4 is 5.32 Å². The fraction of sp³-hybridized carbons (Fsp3) is 0.312. The van der Waals surface area contributed by atoms with Crippen LogP contribution in [0.4, 0.5) is 13.9 Å². The Labute approximate surface area is 156 Å². The summed E-state index contributed by atoms with van der Waals surface area (Å²) in [6, 6.07) is 1.22. The third-order valence-corrected chi connectivity index (χ3v) is 4.31. The molecule has 3 aromatic rings. The number of halogens is 2. The Morgan fingerprint density at radius 2 is 2.15 bits per heavy atom. The molecule has 0 saturated carbocycles.